The smallest absolute Gasteiger partial charge is 0.256 e. The van der Waals surface area contributed by atoms with Gasteiger partial charge in [0.25, 0.3) is 0 Å². The number of benzene rings is 1. The van der Waals surface area contributed by atoms with E-state index in [1.165, 1.54) is 12.3 Å². The molecule has 2 aromatic rings. The van der Waals surface area contributed by atoms with E-state index in [-0.39, 0.29) is 5.69 Å². The Balaban J connectivity index is 2.65. The first-order valence-electron chi connectivity index (χ1n) is 4.77. The second-order valence-electron chi connectivity index (χ2n) is 3.38. The molecule has 0 bridgehead atoms. The van der Waals surface area contributed by atoms with Crippen LogP contribution in [0.5, 0.6) is 0 Å². The SMILES string of the molecule is FC(F)(F)c1cccnc1-c1ccccc1Br. The topological polar surface area (TPSA) is 12.9 Å². The van der Waals surface area contributed by atoms with E-state index in [4.69, 9.17) is 0 Å². The molecule has 0 fully saturated rings. The van der Waals surface area contributed by atoms with Gasteiger partial charge in [0.2, 0.25) is 0 Å². The summed E-state index contributed by atoms with van der Waals surface area (Å²) in [5, 5.41) is 0. The van der Waals surface area contributed by atoms with Crippen LogP contribution in [0.25, 0.3) is 11.3 Å². The molecule has 1 aromatic carbocycles. The minimum Gasteiger partial charge on any atom is -0.256 e. The van der Waals surface area contributed by atoms with E-state index in [1.54, 1.807) is 24.3 Å². The van der Waals surface area contributed by atoms with Crippen molar-refractivity contribution in [2.24, 2.45) is 0 Å². The third-order valence-corrected chi connectivity index (χ3v) is 2.93. The molecule has 0 spiro atoms. The average molecular weight is 302 g/mol. The summed E-state index contributed by atoms with van der Waals surface area (Å²) < 4.78 is 39.0. The van der Waals surface area contributed by atoms with Crippen LogP contribution < -0.4 is 0 Å². The number of pyridine rings is 1. The Hall–Kier alpha value is -1.36. The molecule has 0 atom stereocenters. The van der Waals surface area contributed by atoms with E-state index in [1.807, 2.05) is 0 Å². The van der Waals surface area contributed by atoms with Crippen molar-refractivity contribution in [3.63, 3.8) is 0 Å². The van der Waals surface area contributed by atoms with Crippen LogP contribution in [-0.2, 0) is 6.18 Å². The van der Waals surface area contributed by atoms with Gasteiger partial charge in [-0.15, -0.1) is 0 Å². The molecule has 5 heteroatoms. The van der Waals surface area contributed by atoms with Crippen LogP contribution in [0.2, 0.25) is 0 Å². The maximum absolute atomic E-state index is 12.8. The van der Waals surface area contributed by atoms with Crippen LogP contribution in [0.1, 0.15) is 5.56 Å². The zero-order chi connectivity index (χ0) is 12.5. The van der Waals surface area contributed by atoms with Gasteiger partial charge in [0.1, 0.15) is 0 Å². The molecular formula is C12H7BrF3N. The number of aromatic nitrogens is 1. The summed E-state index contributed by atoms with van der Waals surface area (Å²) in [5.74, 6) is 0. The number of alkyl halides is 3. The number of rotatable bonds is 1. The van der Waals surface area contributed by atoms with Gasteiger partial charge in [0.15, 0.2) is 0 Å². The summed E-state index contributed by atoms with van der Waals surface area (Å²) in [4.78, 5) is 3.83. The Morgan fingerprint density at radius 1 is 1.00 bits per heavy atom. The molecule has 0 amide bonds. The highest BCUT2D eigenvalue weighted by Crippen LogP contribution is 2.37. The van der Waals surface area contributed by atoms with E-state index < -0.39 is 11.7 Å². The lowest BCUT2D eigenvalue weighted by molar-refractivity contribution is -0.137. The normalized spacial score (nSPS) is 11.5. The molecule has 0 N–H and O–H groups in total. The standard InChI is InChI=1S/C12H7BrF3N/c13-10-6-2-1-4-8(10)11-9(12(14,15)16)5-3-7-17-11/h1-7H. The van der Waals surface area contributed by atoms with Gasteiger partial charge in [-0.3, -0.25) is 4.98 Å². The lowest BCUT2D eigenvalue weighted by Gasteiger charge is -2.12. The van der Waals surface area contributed by atoms with Crippen molar-refractivity contribution in [3.05, 3.63) is 52.6 Å². The highest BCUT2D eigenvalue weighted by molar-refractivity contribution is 9.10. The summed E-state index contributed by atoms with van der Waals surface area (Å²) in [6, 6.07) is 9.01. The lowest BCUT2D eigenvalue weighted by Crippen LogP contribution is -2.08. The Labute approximate surface area is 104 Å². The molecule has 0 unspecified atom stereocenters. The van der Waals surface area contributed by atoms with Gasteiger partial charge in [-0.25, -0.2) is 0 Å². The largest absolute Gasteiger partial charge is 0.418 e. The van der Waals surface area contributed by atoms with Crippen molar-refractivity contribution in [2.75, 3.05) is 0 Å². The van der Waals surface area contributed by atoms with E-state index in [9.17, 15) is 13.2 Å². The van der Waals surface area contributed by atoms with Crippen LogP contribution in [0.4, 0.5) is 13.2 Å². The maximum atomic E-state index is 12.8. The summed E-state index contributed by atoms with van der Waals surface area (Å²) in [6.45, 7) is 0. The summed E-state index contributed by atoms with van der Waals surface area (Å²) in [5.41, 5.74) is -0.361. The Morgan fingerprint density at radius 2 is 1.71 bits per heavy atom. The first-order valence-corrected chi connectivity index (χ1v) is 5.56. The van der Waals surface area contributed by atoms with Crippen molar-refractivity contribution in [2.45, 2.75) is 6.18 Å². The van der Waals surface area contributed by atoms with Gasteiger partial charge in [-0.1, -0.05) is 34.1 Å². The molecule has 88 valence electrons. The fourth-order valence-electron chi connectivity index (χ4n) is 1.50. The van der Waals surface area contributed by atoms with Gasteiger partial charge in [0, 0.05) is 16.2 Å². The quantitative estimate of drug-likeness (QED) is 0.754. The molecule has 0 radical (unpaired) electrons. The van der Waals surface area contributed by atoms with E-state index >= 15 is 0 Å². The van der Waals surface area contributed by atoms with Crippen molar-refractivity contribution in [1.82, 2.24) is 4.98 Å². The lowest BCUT2D eigenvalue weighted by atomic mass is 10.1. The predicted octanol–water partition coefficient (Wildman–Crippen LogP) is 4.53. The Morgan fingerprint density at radius 3 is 2.35 bits per heavy atom. The third-order valence-electron chi connectivity index (χ3n) is 2.24. The molecule has 0 aliphatic heterocycles. The van der Waals surface area contributed by atoms with E-state index in [2.05, 4.69) is 20.9 Å². The van der Waals surface area contributed by atoms with Gasteiger partial charge < -0.3 is 0 Å². The van der Waals surface area contributed by atoms with E-state index in [0.717, 1.165) is 6.07 Å². The second kappa shape index (κ2) is 4.49. The van der Waals surface area contributed by atoms with Crippen molar-refractivity contribution < 1.29 is 13.2 Å². The van der Waals surface area contributed by atoms with Gasteiger partial charge in [-0.2, -0.15) is 13.2 Å². The molecule has 0 saturated heterocycles. The molecule has 1 nitrogen and oxygen atoms in total. The molecular weight excluding hydrogens is 295 g/mol. The molecule has 0 saturated carbocycles. The van der Waals surface area contributed by atoms with Gasteiger partial charge in [0.05, 0.1) is 11.3 Å². The van der Waals surface area contributed by atoms with Crippen LogP contribution in [0.3, 0.4) is 0 Å². The molecule has 17 heavy (non-hydrogen) atoms. The monoisotopic (exact) mass is 301 g/mol. The number of hydrogen-bond donors (Lipinski definition) is 0. The Bertz CT molecular complexity index is 537. The minimum absolute atomic E-state index is 0.0625. The maximum Gasteiger partial charge on any atom is 0.418 e. The minimum atomic E-state index is -4.40. The number of halogens is 4. The number of nitrogens with zero attached hydrogens (tertiary/aromatic N) is 1. The summed E-state index contributed by atoms with van der Waals surface area (Å²) in [6.07, 6.45) is -3.05. The van der Waals surface area contributed by atoms with E-state index in [0.29, 0.717) is 10.0 Å². The highest BCUT2D eigenvalue weighted by Gasteiger charge is 2.34. The van der Waals surface area contributed by atoms with Crippen molar-refractivity contribution in [3.8, 4) is 11.3 Å². The fourth-order valence-corrected chi connectivity index (χ4v) is 1.97. The van der Waals surface area contributed by atoms with Crippen LogP contribution in [0.15, 0.2) is 47.1 Å². The van der Waals surface area contributed by atoms with Crippen LogP contribution >= 0.6 is 15.9 Å². The average Bonchev–Trinajstić information content (AvgIpc) is 2.28. The molecule has 0 aliphatic carbocycles. The zero-order valence-corrected chi connectivity index (χ0v) is 10.1. The second-order valence-corrected chi connectivity index (χ2v) is 4.23. The molecule has 1 aromatic heterocycles. The van der Waals surface area contributed by atoms with Crippen LogP contribution in [-0.4, -0.2) is 4.98 Å². The third kappa shape index (κ3) is 2.49. The summed E-state index contributed by atoms with van der Waals surface area (Å²) in [7, 11) is 0. The fraction of sp³-hybridized carbons (Fsp3) is 0.0833. The van der Waals surface area contributed by atoms with Crippen LogP contribution in [0, 0.1) is 0 Å². The summed E-state index contributed by atoms with van der Waals surface area (Å²) >= 11 is 3.23. The highest BCUT2D eigenvalue weighted by atomic mass is 79.9. The van der Waals surface area contributed by atoms with Gasteiger partial charge in [-0.05, 0) is 18.2 Å². The van der Waals surface area contributed by atoms with Gasteiger partial charge >= 0.3 is 6.18 Å². The van der Waals surface area contributed by atoms with Crippen molar-refractivity contribution >= 4 is 15.9 Å². The molecule has 2 rings (SSSR count). The first kappa shape index (κ1) is 12.1. The molecule has 0 aliphatic rings. The zero-order valence-electron chi connectivity index (χ0n) is 8.50. The number of hydrogen-bond acceptors (Lipinski definition) is 1. The Kier molecular flexibility index (Phi) is 3.19. The first-order chi connectivity index (χ1) is 8.00. The van der Waals surface area contributed by atoms with Crippen molar-refractivity contribution in [1.29, 1.82) is 0 Å². The predicted molar refractivity (Wildman–Crippen MR) is 62.4 cm³/mol. The molecule has 1 heterocycles.